The summed E-state index contributed by atoms with van der Waals surface area (Å²) in [7, 11) is -4.07. The molecule has 0 aliphatic rings. The van der Waals surface area contributed by atoms with Gasteiger partial charge in [-0.3, -0.25) is 19.3 Å². The van der Waals surface area contributed by atoms with Gasteiger partial charge in [0.15, 0.2) is 0 Å². The van der Waals surface area contributed by atoms with E-state index in [-0.39, 0.29) is 10.8 Å². The Bertz CT molecular complexity index is 1160. The lowest BCUT2D eigenvalue weighted by molar-refractivity contribution is -0.119. The number of anilines is 2. The minimum absolute atomic E-state index is 0.0235. The Morgan fingerprint density at radius 1 is 0.966 bits per heavy atom. The van der Waals surface area contributed by atoms with E-state index in [1.165, 1.54) is 31.2 Å². The molecule has 0 saturated heterocycles. The number of nitrogens with zero attached hydrogens (tertiary/aromatic N) is 1. The molecular weight excluding hydrogens is 392 g/mol. The van der Waals surface area contributed by atoms with E-state index >= 15 is 0 Å². The van der Waals surface area contributed by atoms with E-state index in [1.54, 1.807) is 18.2 Å². The number of amides is 2. The summed E-state index contributed by atoms with van der Waals surface area (Å²) in [6, 6.07) is 18.3. The zero-order valence-corrected chi connectivity index (χ0v) is 16.4. The van der Waals surface area contributed by atoms with Gasteiger partial charge in [-0.2, -0.15) is 0 Å². The number of nitrogens with two attached hydrogens (primary N) is 1. The normalized spacial score (nSPS) is 11.1. The summed E-state index contributed by atoms with van der Waals surface area (Å²) >= 11 is 0. The highest BCUT2D eigenvalue weighted by Crippen LogP contribution is 2.27. The summed E-state index contributed by atoms with van der Waals surface area (Å²) in [6.45, 7) is 0.877. The number of rotatable bonds is 6. The fourth-order valence-corrected chi connectivity index (χ4v) is 4.28. The van der Waals surface area contributed by atoms with Gasteiger partial charge in [-0.05, 0) is 47.2 Å². The molecule has 0 heterocycles. The summed E-state index contributed by atoms with van der Waals surface area (Å²) in [5, 5.41) is 4.35. The van der Waals surface area contributed by atoms with Crippen molar-refractivity contribution in [2.24, 2.45) is 5.84 Å². The molecule has 0 aliphatic carbocycles. The molecule has 0 spiro atoms. The Kier molecular flexibility index (Phi) is 5.81. The van der Waals surface area contributed by atoms with E-state index in [1.807, 2.05) is 29.7 Å². The van der Waals surface area contributed by atoms with Gasteiger partial charge in [-0.15, -0.1) is 0 Å². The van der Waals surface area contributed by atoms with E-state index in [2.05, 4.69) is 5.32 Å². The molecular formula is C20H20N4O4S. The topological polar surface area (TPSA) is 122 Å². The highest BCUT2D eigenvalue weighted by Gasteiger charge is 2.27. The van der Waals surface area contributed by atoms with Crippen LogP contribution in [0.4, 0.5) is 11.4 Å². The van der Waals surface area contributed by atoms with Crippen LogP contribution >= 0.6 is 0 Å². The summed E-state index contributed by atoms with van der Waals surface area (Å²) in [4.78, 5) is 23.1. The molecule has 0 saturated carbocycles. The number of hydrazine groups is 1. The van der Waals surface area contributed by atoms with Gasteiger partial charge < -0.3 is 5.32 Å². The summed E-state index contributed by atoms with van der Waals surface area (Å²) in [6.07, 6.45) is 0. The number of benzene rings is 3. The molecule has 9 heteroatoms. The molecule has 0 unspecified atom stereocenters. The Morgan fingerprint density at radius 3 is 2.24 bits per heavy atom. The number of hydrogen-bond acceptors (Lipinski definition) is 5. The van der Waals surface area contributed by atoms with Gasteiger partial charge >= 0.3 is 0 Å². The maximum absolute atomic E-state index is 13.3. The summed E-state index contributed by atoms with van der Waals surface area (Å²) in [5.41, 5.74) is 2.76. The number of fused-ring (bicyclic) bond motifs is 1. The van der Waals surface area contributed by atoms with Crippen LogP contribution in [0.1, 0.15) is 6.92 Å². The lowest BCUT2D eigenvalue weighted by Crippen LogP contribution is -2.43. The molecule has 0 bridgehead atoms. The first-order valence-corrected chi connectivity index (χ1v) is 10.1. The monoisotopic (exact) mass is 412 g/mol. The molecule has 0 aromatic heterocycles. The molecule has 3 rings (SSSR count). The van der Waals surface area contributed by atoms with Crippen molar-refractivity contribution in [1.82, 2.24) is 5.43 Å². The fraction of sp³-hybridized carbons (Fsp3) is 0.100. The Balaban J connectivity index is 2.04. The first-order chi connectivity index (χ1) is 13.8. The molecule has 3 aromatic rings. The first-order valence-electron chi connectivity index (χ1n) is 8.70. The highest BCUT2D eigenvalue weighted by molar-refractivity contribution is 7.92. The van der Waals surface area contributed by atoms with Crippen LogP contribution in [0, 0.1) is 0 Å². The van der Waals surface area contributed by atoms with E-state index < -0.39 is 22.5 Å². The van der Waals surface area contributed by atoms with Crippen molar-refractivity contribution < 1.29 is 18.0 Å². The minimum atomic E-state index is -4.07. The van der Waals surface area contributed by atoms with Gasteiger partial charge in [0.05, 0.1) is 10.6 Å². The summed E-state index contributed by atoms with van der Waals surface area (Å²) < 4.78 is 27.5. The minimum Gasteiger partial charge on any atom is -0.326 e. The van der Waals surface area contributed by atoms with Crippen LogP contribution in [0.3, 0.4) is 0 Å². The van der Waals surface area contributed by atoms with Gasteiger partial charge in [-0.25, -0.2) is 14.3 Å². The van der Waals surface area contributed by atoms with Crippen LogP contribution in [-0.4, -0.2) is 26.8 Å². The third-order valence-corrected chi connectivity index (χ3v) is 6.02. The molecule has 4 N–H and O–H groups in total. The molecule has 0 fully saturated rings. The van der Waals surface area contributed by atoms with Crippen molar-refractivity contribution in [3.05, 3.63) is 66.7 Å². The van der Waals surface area contributed by atoms with Gasteiger partial charge in [0.2, 0.25) is 5.91 Å². The third kappa shape index (κ3) is 4.53. The van der Waals surface area contributed by atoms with E-state index in [9.17, 15) is 18.0 Å². The van der Waals surface area contributed by atoms with Crippen LogP contribution in [0.5, 0.6) is 0 Å². The molecule has 0 radical (unpaired) electrons. The summed E-state index contributed by atoms with van der Waals surface area (Å²) in [5.74, 6) is 4.25. The lowest BCUT2D eigenvalue weighted by Gasteiger charge is -2.24. The number of carbonyl (C=O) groups excluding carboxylic acids is 2. The second-order valence-electron chi connectivity index (χ2n) is 6.32. The number of nitrogens with one attached hydrogen (secondary N) is 2. The average Bonchev–Trinajstić information content (AvgIpc) is 2.71. The van der Waals surface area contributed by atoms with E-state index in [0.717, 1.165) is 15.1 Å². The van der Waals surface area contributed by atoms with Crippen LogP contribution in [0.2, 0.25) is 0 Å². The zero-order valence-electron chi connectivity index (χ0n) is 15.6. The maximum atomic E-state index is 13.3. The molecule has 150 valence electrons. The molecule has 8 nitrogen and oxygen atoms in total. The van der Waals surface area contributed by atoms with Gasteiger partial charge in [0.25, 0.3) is 15.9 Å². The predicted molar refractivity (Wildman–Crippen MR) is 112 cm³/mol. The number of hydrogen-bond donors (Lipinski definition) is 3. The zero-order chi connectivity index (χ0) is 21.0. The largest absolute Gasteiger partial charge is 0.326 e. The highest BCUT2D eigenvalue weighted by atomic mass is 32.2. The van der Waals surface area contributed by atoms with Gasteiger partial charge in [0.1, 0.15) is 6.54 Å². The SMILES string of the molecule is CC(=O)Nc1ccc(S(=O)(=O)N(CC(=O)NN)c2ccc3ccccc3c2)cc1. The van der Waals surface area contributed by atoms with Crippen molar-refractivity contribution >= 4 is 44.0 Å². The molecule has 0 aliphatic heterocycles. The maximum Gasteiger partial charge on any atom is 0.264 e. The Hall–Kier alpha value is -3.43. The van der Waals surface area contributed by atoms with E-state index in [4.69, 9.17) is 5.84 Å². The van der Waals surface area contributed by atoms with Crippen molar-refractivity contribution in [2.75, 3.05) is 16.2 Å². The smallest absolute Gasteiger partial charge is 0.264 e. The fourth-order valence-electron chi connectivity index (χ4n) is 2.86. The average molecular weight is 412 g/mol. The first kappa shape index (κ1) is 20.3. The number of sulfonamides is 1. The Morgan fingerprint density at radius 2 is 1.62 bits per heavy atom. The second-order valence-corrected chi connectivity index (χ2v) is 8.18. The molecule has 0 atom stereocenters. The van der Waals surface area contributed by atoms with Crippen LogP contribution < -0.4 is 20.9 Å². The van der Waals surface area contributed by atoms with Crippen molar-refractivity contribution in [3.63, 3.8) is 0 Å². The van der Waals surface area contributed by atoms with Crippen molar-refractivity contribution in [3.8, 4) is 0 Å². The molecule has 3 aromatic carbocycles. The third-order valence-electron chi connectivity index (χ3n) is 4.23. The van der Waals surface area contributed by atoms with Crippen molar-refractivity contribution in [2.45, 2.75) is 11.8 Å². The predicted octanol–water partition coefficient (Wildman–Crippen LogP) is 1.98. The number of carbonyl (C=O) groups is 2. The van der Waals surface area contributed by atoms with E-state index in [0.29, 0.717) is 11.4 Å². The standard InChI is InChI=1S/C20H20N4O4S/c1-14(25)22-17-7-10-19(11-8-17)29(27,28)24(13-20(26)23-21)18-9-6-15-4-2-3-5-16(15)12-18/h2-12H,13,21H2,1H3,(H,22,25)(H,23,26). The molecule has 2 amide bonds. The molecule has 29 heavy (non-hydrogen) atoms. The van der Waals surface area contributed by atoms with Crippen LogP contribution in [0.25, 0.3) is 10.8 Å². The Labute approximate surface area is 168 Å². The second kappa shape index (κ2) is 8.29. The quantitative estimate of drug-likeness (QED) is 0.325. The van der Waals surface area contributed by atoms with Crippen molar-refractivity contribution in [1.29, 1.82) is 0 Å². The van der Waals surface area contributed by atoms with Crippen LogP contribution in [0.15, 0.2) is 71.6 Å². The van der Waals surface area contributed by atoms with Crippen LogP contribution in [-0.2, 0) is 19.6 Å². The lowest BCUT2D eigenvalue weighted by atomic mass is 10.1. The van der Waals surface area contributed by atoms with Gasteiger partial charge in [0, 0.05) is 12.6 Å². The van der Waals surface area contributed by atoms with Gasteiger partial charge in [-0.1, -0.05) is 30.3 Å².